The van der Waals surface area contributed by atoms with Crippen molar-refractivity contribution in [2.24, 2.45) is 12.0 Å². The molecular weight excluding hydrogens is 378 g/mol. The lowest BCUT2D eigenvalue weighted by molar-refractivity contribution is -0.0333. The summed E-state index contributed by atoms with van der Waals surface area (Å²) in [7, 11) is 6.18. The summed E-state index contributed by atoms with van der Waals surface area (Å²) in [5.41, 5.74) is 1.40. The second-order valence-electron chi connectivity index (χ2n) is 8.89. The van der Waals surface area contributed by atoms with Gasteiger partial charge in [-0.15, -0.1) is 0 Å². The molecular formula is C22H41N7O. The maximum absolute atomic E-state index is 5.62. The average Bonchev–Trinajstić information content (AvgIpc) is 3.19. The van der Waals surface area contributed by atoms with E-state index in [1.807, 2.05) is 17.9 Å². The molecule has 1 saturated heterocycles. The highest BCUT2D eigenvalue weighted by atomic mass is 16.5. The summed E-state index contributed by atoms with van der Waals surface area (Å²) in [4.78, 5) is 9.97. The van der Waals surface area contributed by atoms with E-state index >= 15 is 0 Å². The lowest BCUT2D eigenvalue weighted by atomic mass is 9.80. The largest absolute Gasteiger partial charge is 0.379 e. The van der Waals surface area contributed by atoms with Crippen molar-refractivity contribution in [3.8, 4) is 0 Å². The quantitative estimate of drug-likeness (QED) is 0.493. The Morgan fingerprint density at radius 2 is 1.97 bits per heavy atom. The van der Waals surface area contributed by atoms with E-state index in [0.717, 1.165) is 51.9 Å². The number of morpholine rings is 1. The van der Waals surface area contributed by atoms with Gasteiger partial charge in [-0.3, -0.25) is 14.6 Å². The molecule has 2 heterocycles. The molecule has 1 aromatic heterocycles. The first kappa shape index (κ1) is 23.0. The van der Waals surface area contributed by atoms with E-state index in [1.54, 1.807) is 0 Å². The zero-order chi connectivity index (χ0) is 21.4. The van der Waals surface area contributed by atoms with Crippen molar-refractivity contribution in [3.05, 3.63) is 18.0 Å². The highest BCUT2D eigenvalue weighted by Gasteiger charge is 2.38. The van der Waals surface area contributed by atoms with Gasteiger partial charge in [-0.25, -0.2) is 0 Å². The van der Waals surface area contributed by atoms with Gasteiger partial charge >= 0.3 is 0 Å². The monoisotopic (exact) mass is 419 g/mol. The summed E-state index contributed by atoms with van der Waals surface area (Å²) >= 11 is 0. The number of nitrogens with zero attached hydrogens (tertiary/aromatic N) is 5. The van der Waals surface area contributed by atoms with Crippen molar-refractivity contribution >= 4 is 5.96 Å². The molecule has 0 bridgehead atoms. The van der Waals surface area contributed by atoms with Crippen LogP contribution in [0.25, 0.3) is 0 Å². The van der Waals surface area contributed by atoms with Crippen LogP contribution in [0.2, 0.25) is 0 Å². The molecule has 1 unspecified atom stereocenters. The van der Waals surface area contributed by atoms with Gasteiger partial charge in [0, 0.05) is 50.5 Å². The van der Waals surface area contributed by atoms with E-state index in [1.165, 1.54) is 37.7 Å². The van der Waals surface area contributed by atoms with Crippen molar-refractivity contribution in [1.29, 1.82) is 0 Å². The highest BCUT2D eigenvalue weighted by molar-refractivity contribution is 5.79. The highest BCUT2D eigenvalue weighted by Crippen LogP contribution is 2.34. The standard InChI is InChI=1S/C22H41N7O/c1-5-23-21(24-16-20(27(2)3)19-15-26-28(4)17-19)25-18-22(9-7-6-8-10-22)29-11-13-30-14-12-29/h15,17,20H,5-14,16,18H2,1-4H3,(H2,23,24,25). The smallest absolute Gasteiger partial charge is 0.191 e. The normalized spacial score (nSPS) is 21.6. The van der Waals surface area contributed by atoms with Gasteiger partial charge in [0.25, 0.3) is 0 Å². The molecule has 0 spiro atoms. The van der Waals surface area contributed by atoms with Crippen molar-refractivity contribution in [2.75, 3.05) is 60.0 Å². The molecule has 30 heavy (non-hydrogen) atoms. The third kappa shape index (κ3) is 5.95. The number of likely N-dealkylation sites (N-methyl/N-ethyl adjacent to an activating group) is 1. The molecule has 2 N–H and O–H groups in total. The Morgan fingerprint density at radius 1 is 1.23 bits per heavy atom. The van der Waals surface area contributed by atoms with Crippen LogP contribution in [0.1, 0.15) is 50.6 Å². The molecule has 1 aliphatic carbocycles. The zero-order valence-corrected chi connectivity index (χ0v) is 19.4. The number of rotatable bonds is 8. The third-order valence-corrected chi connectivity index (χ3v) is 6.54. The van der Waals surface area contributed by atoms with Crippen LogP contribution in [0, 0.1) is 0 Å². The van der Waals surface area contributed by atoms with Gasteiger partial charge in [-0.1, -0.05) is 19.3 Å². The fraction of sp³-hybridized carbons (Fsp3) is 0.818. The molecule has 170 valence electrons. The topological polar surface area (TPSA) is 70.0 Å². The molecule has 0 amide bonds. The Balaban J connectivity index is 1.68. The molecule has 8 heteroatoms. The van der Waals surface area contributed by atoms with Gasteiger partial charge in [-0.2, -0.15) is 5.10 Å². The van der Waals surface area contributed by atoms with Crippen molar-refractivity contribution in [2.45, 2.75) is 50.6 Å². The maximum atomic E-state index is 5.62. The van der Waals surface area contributed by atoms with Gasteiger partial charge in [0.05, 0.1) is 32.0 Å². The zero-order valence-electron chi connectivity index (χ0n) is 19.4. The van der Waals surface area contributed by atoms with E-state index in [-0.39, 0.29) is 11.6 Å². The Bertz CT molecular complexity index is 660. The molecule has 2 fully saturated rings. The van der Waals surface area contributed by atoms with Crippen LogP contribution >= 0.6 is 0 Å². The van der Waals surface area contributed by atoms with E-state index in [0.29, 0.717) is 0 Å². The number of hydrogen-bond donors (Lipinski definition) is 2. The number of aryl methyl sites for hydroxylation is 1. The average molecular weight is 420 g/mol. The maximum Gasteiger partial charge on any atom is 0.191 e. The molecule has 1 aliphatic heterocycles. The molecule has 8 nitrogen and oxygen atoms in total. The number of hydrogen-bond acceptors (Lipinski definition) is 5. The summed E-state index contributed by atoms with van der Waals surface area (Å²) in [6.45, 7) is 8.37. The first-order chi connectivity index (χ1) is 14.5. The Hall–Kier alpha value is -1.64. The summed E-state index contributed by atoms with van der Waals surface area (Å²) in [5.74, 6) is 0.909. The fourth-order valence-electron chi connectivity index (χ4n) is 4.79. The van der Waals surface area contributed by atoms with E-state index in [2.05, 4.69) is 52.7 Å². The second kappa shape index (κ2) is 11.1. The summed E-state index contributed by atoms with van der Waals surface area (Å²) in [5, 5.41) is 11.4. The predicted octanol–water partition coefficient (Wildman–Crippen LogP) is 1.61. The molecule has 1 saturated carbocycles. The van der Waals surface area contributed by atoms with Crippen LogP contribution in [0.15, 0.2) is 17.4 Å². The van der Waals surface area contributed by atoms with Gasteiger partial charge in [-0.05, 0) is 33.9 Å². The number of aliphatic imine (C=N–C) groups is 1. The van der Waals surface area contributed by atoms with Gasteiger partial charge in [0.1, 0.15) is 0 Å². The first-order valence-electron chi connectivity index (χ1n) is 11.5. The number of aromatic nitrogens is 2. The van der Waals surface area contributed by atoms with Crippen molar-refractivity contribution in [1.82, 2.24) is 30.2 Å². The number of nitrogens with one attached hydrogen (secondary N) is 2. The van der Waals surface area contributed by atoms with Crippen LogP contribution in [0.5, 0.6) is 0 Å². The lowest BCUT2D eigenvalue weighted by Crippen LogP contribution is -2.56. The summed E-state index contributed by atoms with van der Waals surface area (Å²) < 4.78 is 7.48. The van der Waals surface area contributed by atoms with Crippen LogP contribution in [0.4, 0.5) is 0 Å². The summed E-state index contributed by atoms with van der Waals surface area (Å²) in [6.07, 6.45) is 10.5. The first-order valence-corrected chi connectivity index (χ1v) is 11.5. The summed E-state index contributed by atoms with van der Waals surface area (Å²) in [6, 6.07) is 0.241. The van der Waals surface area contributed by atoms with Crippen LogP contribution in [-0.4, -0.2) is 91.1 Å². The SMILES string of the molecule is CCNC(=NCC1(N2CCOCC2)CCCCC1)NCC(c1cnn(C)c1)N(C)C. The van der Waals surface area contributed by atoms with Crippen molar-refractivity contribution in [3.63, 3.8) is 0 Å². The fourth-order valence-corrected chi connectivity index (χ4v) is 4.79. The lowest BCUT2D eigenvalue weighted by Gasteiger charge is -2.47. The molecule has 3 rings (SSSR count). The number of ether oxygens (including phenoxy) is 1. The Morgan fingerprint density at radius 3 is 2.57 bits per heavy atom. The Kier molecular flexibility index (Phi) is 8.53. The van der Waals surface area contributed by atoms with E-state index in [9.17, 15) is 0 Å². The molecule has 1 aromatic rings. The van der Waals surface area contributed by atoms with Gasteiger partial charge in [0.15, 0.2) is 5.96 Å². The van der Waals surface area contributed by atoms with Gasteiger partial charge in [0.2, 0.25) is 0 Å². The van der Waals surface area contributed by atoms with Crippen LogP contribution in [0.3, 0.4) is 0 Å². The minimum atomic E-state index is 0.189. The van der Waals surface area contributed by atoms with Crippen LogP contribution < -0.4 is 10.6 Å². The molecule has 0 aromatic carbocycles. The third-order valence-electron chi connectivity index (χ3n) is 6.54. The second-order valence-corrected chi connectivity index (χ2v) is 8.89. The predicted molar refractivity (Wildman–Crippen MR) is 122 cm³/mol. The van der Waals surface area contributed by atoms with E-state index < -0.39 is 0 Å². The molecule has 1 atom stereocenters. The van der Waals surface area contributed by atoms with E-state index in [4.69, 9.17) is 9.73 Å². The number of guanidine groups is 1. The van der Waals surface area contributed by atoms with Crippen molar-refractivity contribution < 1.29 is 4.74 Å². The van der Waals surface area contributed by atoms with Crippen LogP contribution in [-0.2, 0) is 11.8 Å². The molecule has 2 aliphatic rings. The van der Waals surface area contributed by atoms with Gasteiger partial charge < -0.3 is 20.3 Å². The minimum absolute atomic E-state index is 0.189. The minimum Gasteiger partial charge on any atom is -0.379 e. The molecule has 0 radical (unpaired) electrons. The Labute approximate surface area is 182 Å².